The molecule has 0 aliphatic heterocycles. The maximum Gasteiger partial charge on any atom is 0.323 e. The van der Waals surface area contributed by atoms with Gasteiger partial charge in [-0.25, -0.2) is 0 Å². The Balaban J connectivity index is 4.66. The second-order valence-corrected chi connectivity index (χ2v) is 3.22. The average molecular weight is 216 g/mol. The van der Waals surface area contributed by atoms with Crippen LogP contribution in [0.1, 0.15) is 20.3 Å². The first-order valence-corrected chi connectivity index (χ1v) is 4.65. The SMILES string of the molecule is CCOC(=O)C(C)(CC=CCO)C(=O)O. The van der Waals surface area contributed by atoms with Crippen LogP contribution in [-0.4, -0.2) is 35.4 Å². The molecular weight excluding hydrogens is 200 g/mol. The Kier molecular flexibility index (Phi) is 5.62. The number of aliphatic carboxylic acids is 1. The average Bonchev–Trinajstić information content (AvgIpc) is 2.18. The molecule has 0 fully saturated rings. The van der Waals surface area contributed by atoms with Crippen molar-refractivity contribution in [3.8, 4) is 0 Å². The molecule has 0 rings (SSSR count). The number of aliphatic hydroxyl groups excluding tert-OH is 1. The fourth-order valence-corrected chi connectivity index (χ4v) is 0.942. The van der Waals surface area contributed by atoms with Crippen LogP contribution in [0.5, 0.6) is 0 Å². The normalized spacial score (nSPS) is 14.9. The van der Waals surface area contributed by atoms with Crippen molar-refractivity contribution in [1.82, 2.24) is 0 Å². The summed E-state index contributed by atoms with van der Waals surface area (Å²) >= 11 is 0. The van der Waals surface area contributed by atoms with Crippen LogP contribution in [0.25, 0.3) is 0 Å². The number of carboxylic acids is 1. The van der Waals surface area contributed by atoms with Gasteiger partial charge in [0.1, 0.15) is 0 Å². The van der Waals surface area contributed by atoms with Gasteiger partial charge in [-0.3, -0.25) is 9.59 Å². The Bertz CT molecular complexity index is 259. The van der Waals surface area contributed by atoms with Crippen molar-refractivity contribution in [1.29, 1.82) is 0 Å². The van der Waals surface area contributed by atoms with Gasteiger partial charge >= 0.3 is 11.9 Å². The molecule has 2 N–H and O–H groups in total. The summed E-state index contributed by atoms with van der Waals surface area (Å²) in [7, 11) is 0. The van der Waals surface area contributed by atoms with E-state index < -0.39 is 17.4 Å². The van der Waals surface area contributed by atoms with Crippen molar-refractivity contribution in [2.24, 2.45) is 5.41 Å². The highest BCUT2D eigenvalue weighted by Crippen LogP contribution is 2.24. The maximum absolute atomic E-state index is 11.4. The van der Waals surface area contributed by atoms with Gasteiger partial charge in [-0.05, 0) is 20.3 Å². The molecule has 0 aromatic carbocycles. The molecular formula is C10H16O5. The van der Waals surface area contributed by atoms with Gasteiger partial charge in [0, 0.05) is 0 Å². The molecule has 86 valence electrons. The second kappa shape index (κ2) is 6.19. The smallest absolute Gasteiger partial charge is 0.323 e. The van der Waals surface area contributed by atoms with Crippen LogP contribution in [0.2, 0.25) is 0 Å². The van der Waals surface area contributed by atoms with Crippen LogP contribution in [-0.2, 0) is 14.3 Å². The summed E-state index contributed by atoms with van der Waals surface area (Å²) in [5.74, 6) is -2.00. The predicted molar refractivity (Wildman–Crippen MR) is 53.2 cm³/mol. The second-order valence-electron chi connectivity index (χ2n) is 3.22. The molecule has 0 aromatic rings. The lowest BCUT2D eigenvalue weighted by molar-refractivity contribution is -0.166. The van der Waals surface area contributed by atoms with Crippen molar-refractivity contribution >= 4 is 11.9 Å². The lowest BCUT2D eigenvalue weighted by Gasteiger charge is -2.20. The van der Waals surface area contributed by atoms with Gasteiger partial charge in [-0.2, -0.15) is 0 Å². The molecule has 0 radical (unpaired) electrons. The lowest BCUT2D eigenvalue weighted by atomic mass is 9.87. The molecule has 0 spiro atoms. The molecule has 0 bridgehead atoms. The van der Waals surface area contributed by atoms with Crippen molar-refractivity contribution in [3.63, 3.8) is 0 Å². The number of carbonyl (C=O) groups excluding carboxylic acids is 1. The van der Waals surface area contributed by atoms with Gasteiger partial charge in [0.25, 0.3) is 0 Å². The molecule has 0 heterocycles. The molecule has 0 saturated carbocycles. The minimum Gasteiger partial charge on any atom is -0.480 e. The van der Waals surface area contributed by atoms with E-state index in [9.17, 15) is 9.59 Å². The van der Waals surface area contributed by atoms with E-state index >= 15 is 0 Å². The first-order valence-electron chi connectivity index (χ1n) is 4.65. The molecule has 15 heavy (non-hydrogen) atoms. The summed E-state index contributed by atoms with van der Waals surface area (Å²) < 4.78 is 4.68. The molecule has 1 unspecified atom stereocenters. The van der Waals surface area contributed by atoms with Crippen molar-refractivity contribution in [2.45, 2.75) is 20.3 Å². The maximum atomic E-state index is 11.4. The van der Waals surface area contributed by atoms with E-state index in [1.165, 1.54) is 19.1 Å². The Labute approximate surface area is 88.4 Å². The number of hydrogen-bond donors (Lipinski definition) is 2. The zero-order chi connectivity index (χ0) is 11.9. The number of carboxylic acid groups (broad SMARTS) is 1. The number of rotatable bonds is 6. The highest BCUT2D eigenvalue weighted by Gasteiger charge is 2.41. The number of carbonyl (C=O) groups is 2. The quantitative estimate of drug-likeness (QED) is 0.385. The highest BCUT2D eigenvalue weighted by molar-refractivity contribution is 5.98. The zero-order valence-electron chi connectivity index (χ0n) is 8.90. The van der Waals surface area contributed by atoms with Gasteiger partial charge in [-0.1, -0.05) is 12.2 Å². The zero-order valence-corrected chi connectivity index (χ0v) is 8.90. The Morgan fingerprint density at radius 3 is 2.40 bits per heavy atom. The van der Waals surface area contributed by atoms with Gasteiger partial charge in [0.05, 0.1) is 13.2 Å². The molecule has 5 nitrogen and oxygen atoms in total. The summed E-state index contributed by atoms with van der Waals surface area (Å²) in [5, 5.41) is 17.4. The molecule has 1 atom stereocenters. The first kappa shape index (κ1) is 13.6. The standard InChI is InChI=1S/C10H16O5/c1-3-15-9(14)10(2,8(12)13)6-4-5-7-11/h4-5,11H,3,6-7H2,1-2H3,(H,12,13). The monoisotopic (exact) mass is 216 g/mol. The van der Waals surface area contributed by atoms with E-state index in [1.54, 1.807) is 6.92 Å². The number of esters is 1. The largest absolute Gasteiger partial charge is 0.480 e. The topological polar surface area (TPSA) is 83.8 Å². The summed E-state index contributed by atoms with van der Waals surface area (Å²) in [6.07, 6.45) is 2.84. The van der Waals surface area contributed by atoms with Crippen LogP contribution >= 0.6 is 0 Å². The number of allylic oxidation sites excluding steroid dienone is 1. The Hall–Kier alpha value is -1.36. The summed E-state index contributed by atoms with van der Waals surface area (Å²) in [4.78, 5) is 22.3. The van der Waals surface area contributed by atoms with Gasteiger partial charge in [0.2, 0.25) is 0 Å². The lowest BCUT2D eigenvalue weighted by Crippen LogP contribution is -2.37. The van der Waals surface area contributed by atoms with Crippen molar-refractivity contribution in [3.05, 3.63) is 12.2 Å². The summed E-state index contributed by atoms with van der Waals surface area (Å²) in [6.45, 7) is 2.88. The third kappa shape index (κ3) is 3.71. The highest BCUT2D eigenvalue weighted by atomic mass is 16.5. The minimum atomic E-state index is -1.58. The van der Waals surface area contributed by atoms with Crippen molar-refractivity contribution in [2.75, 3.05) is 13.2 Å². The first-order chi connectivity index (χ1) is 6.99. The van der Waals surface area contributed by atoms with Gasteiger partial charge in [-0.15, -0.1) is 0 Å². The van der Waals surface area contributed by atoms with Gasteiger partial charge < -0.3 is 14.9 Å². The Morgan fingerprint density at radius 2 is 2.00 bits per heavy atom. The van der Waals surface area contributed by atoms with Crippen LogP contribution in [0.3, 0.4) is 0 Å². The molecule has 0 aliphatic carbocycles. The fourth-order valence-electron chi connectivity index (χ4n) is 0.942. The van der Waals surface area contributed by atoms with E-state index in [-0.39, 0.29) is 19.6 Å². The van der Waals surface area contributed by atoms with E-state index in [2.05, 4.69) is 4.74 Å². The number of hydrogen-bond acceptors (Lipinski definition) is 4. The third-order valence-corrected chi connectivity index (χ3v) is 2.00. The minimum absolute atomic E-state index is 0.00171. The number of aliphatic hydroxyl groups is 1. The van der Waals surface area contributed by atoms with Crippen LogP contribution in [0.4, 0.5) is 0 Å². The van der Waals surface area contributed by atoms with Crippen LogP contribution in [0.15, 0.2) is 12.2 Å². The predicted octanol–water partition coefficient (Wildman–Crippen LogP) is 0.579. The Morgan fingerprint density at radius 1 is 1.40 bits per heavy atom. The van der Waals surface area contributed by atoms with Crippen molar-refractivity contribution < 1.29 is 24.5 Å². The van der Waals surface area contributed by atoms with E-state index in [0.717, 1.165) is 0 Å². The molecule has 0 saturated heterocycles. The van der Waals surface area contributed by atoms with Gasteiger partial charge in [0.15, 0.2) is 5.41 Å². The van der Waals surface area contributed by atoms with Crippen LogP contribution in [0, 0.1) is 5.41 Å². The molecule has 0 aliphatic rings. The molecule has 0 aromatic heterocycles. The van der Waals surface area contributed by atoms with E-state index in [1.807, 2.05) is 0 Å². The summed E-state index contributed by atoms with van der Waals surface area (Å²) in [5.41, 5.74) is -1.58. The van der Waals surface area contributed by atoms with Crippen LogP contribution < -0.4 is 0 Å². The molecule has 5 heteroatoms. The number of ether oxygens (including phenoxy) is 1. The van der Waals surface area contributed by atoms with E-state index in [4.69, 9.17) is 10.2 Å². The van der Waals surface area contributed by atoms with E-state index in [0.29, 0.717) is 0 Å². The molecule has 0 amide bonds. The third-order valence-electron chi connectivity index (χ3n) is 2.00. The fraction of sp³-hybridized carbons (Fsp3) is 0.600. The summed E-state index contributed by atoms with van der Waals surface area (Å²) in [6, 6.07) is 0.